The van der Waals surface area contributed by atoms with Gasteiger partial charge in [0.15, 0.2) is 5.13 Å². The van der Waals surface area contributed by atoms with E-state index in [-0.39, 0.29) is 11.9 Å². The molecule has 0 aromatic carbocycles. The number of nitrogens with zero attached hydrogens (tertiary/aromatic N) is 1. The summed E-state index contributed by atoms with van der Waals surface area (Å²) in [6.45, 7) is 2.03. The van der Waals surface area contributed by atoms with Crippen molar-refractivity contribution in [2.75, 3.05) is 5.73 Å². The maximum Gasteiger partial charge on any atom is 0.263 e. The van der Waals surface area contributed by atoms with Crippen LogP contribution in [0.3, 0.4) is 0 Å². The number of rotatable bonds is 3. The molecule has 1 unspecified atom stereocenters. The highest BCUT2D eigenvalue weighted by molar-refractivity contribution is 7.17. The number of hydrogen-bond acceptors (Lipinski definition) is 4. The summed E-state index contributed by atoms with van der Waals surface area (Å²) >= 11 is 1.22. The number of thiazole rings is 1. The monoisotopic (exact) mass is 251 g/mol. The average Bonchev–Trinajstić information content (AvgIpc) is 2.77. The molecular formula is C12H17N3OS. The van der Waals surface area contributed by atoms with Gasteiger partial charge in [0.05, 0.1) is 6.20 Å². The lowest BCUT2D eigenvalue weighted by Crippen LogP contribution is -2.33. The molecule has 0 aliphatic heterocycles. The second-order valence-electron chi connectivity index (χ2n) is 4.28. The first-order chi connectivity index (χ1) is 8.16. The van der Waals surface area contributed by atoms with Crippen LogP contribution in [0, 0.1) is 0 Å². The Balaban J connectivity index is 1.96. The molecule has 1 atom stereocenters. The van der Waals surface area contributed by atoms with Gasteiger partial charge in [-0.05, 0) is 32.6 Å². The number of anilines is 1. The Morgan fingerprint density at radius 3 is 3.00 bits per heavy atom. The quantitative estimate of drug-likeness (QED) is 0.810. The van der Waals surface area contributed by atoms with Crippen molar-refractivity contribution in [1.82, 2.24) is 10.3 Å². The number of hydrogen-bond donors (Lipinski definition) is 2. The molecule has 1 aliphatic carbocycles. The summed E-state index contributed by atoms with van der Waals surface area (Å²) in [5.41, 5.74) is 6.84. The Morgan fingerprint density at radius 1 is 1.59 bits per heavy atom. The molecule has 0 radical (unpaired) electrons. The first kappa shape index (κ1) is 12.1. The zero-order valence-corrected chi connectivity index (χ0v) is 10.7. The smallest absolute Gasteiger partial charge is 0.263 e. The fourth-order valence-electron chi connectivity index (χ4n) is 2.01. The molecular weight excluding hydrogens is 234 g/mol. The van der Waals surface area contributed by atoms with Crippen molar-refractivity contribution in [1.29, 1.82) is 0 Å². The van der Waals surface area contributed by atoms with E-state index in [0.29, 0.717) is 10.0 Å². The lowest BCUT2D eigenvalue weighted by Gasteiger charge is -2.20. The standard InChI is InChI=1S/C12H17N3OS/c1-8(9-5-3-2-4-6-9)15-11(16)10-7-14-12(13)17-10/h5,7-8H,2-4,6H2,1H3,(H2,13,14)(H,15,16). The Morgan fingerprint density at radius 2 is 2.41 bits per heavy atom. The number of nitrogen functional groups attached to an aromatic ring is 1. The van der Waals surface area contributed by atoms with Gasteiger partial charge in [0.25, 0.3) is 5.91 Å². The molecule has 3 N–H and O–H groups in total. The summed E-state index contributed by atoms with van der Waals surface area (Å²) in [6.07, 6.45) is 8.47. The third-order valence-electron chi connectivity index (χ3n) is 2.98. The minimum Gasteiger partial charge on any atom is -0.375 e. The van der Waals surface area contributed by atoms with Crippen LogP contribution in [0.25, 0.3) is 0 Å². The molecule has 0 fully saturated rings. The zero-order valence-electron chi connectivity index (χ0n) is 9.90. The third-order valence-corrected chi connectivity index (χ3v) is 3.80. The van der Waals surface area contributed by atoms with Crippen LogP contribution in [-0.2, 0) is 0 Å². The van der Waals surface area contributed by atoms with Gasteiger partial charge < -0.3 is 11.1 Å². The second-order valence-corrected chi connectivity index (χ2v) is 5.34. The number of nitrogens with two attached hydrogens (primary N) is 1. The van der Waals surface area contributed by atoms with Gasteiger partial charge in [-0.3, -0.25) is 4.79 Å². The highest BCUT2D eigenvalue weighted by Crippen LogP contribution is 2.21. The molecule has 1 aromatic heterocycles. The number of amides is 1. The summed E-state index contributed by atoms with van der Waals surface area (Å²) in [7, 11) is 0. The molecule has 17 heavy (non-hydrogen) atoms. The number of carbonyl (C=O) groups excluding carboxylic acids is 1. The van der Waals surface area contributed by atoms with Crippen LogP contribution in [0.5, 0.6) is 0 Å². The summed E-state index contributed by atoms with van der Waals surface area (Å²) in [5.74, 6) is -0.0850. The van der Waals surface area contributed by atoms with E-state index in [2.05, 4.69) is 16.4 Å². The van der Waals surface area contributed by atoms with Crippen LogP contribution in [0.4, 0.5) is 5.13 Å². The number of allylic oxidation sites excluding steroid dienone is 1. The van der Waals surface area contributed by atoms with E-state index < -0.39 is 0 Å². The molecule has 1 aliphatic rings. The van der Waals surface area contributed by atoms with Crippen LogP contribution in [0.1, 0.15) is 42.3 Å². The Hall–Kier alpha value is -1.36. The van der Waals surface area contributed by atoms with Crippen molar-refractivity contribution in [2.24, 2.45) is 0 Å². The predicted octanol–water partition coefficient (Wildman–Crippen LogP) is 2.34. The Kier molecular flexibility index (Phi) is 3.78. The molecule has 0 bridgehead atoms. The molecule has 1 amide bonds. The van der Waals surface area contributed by atoms with Crippen LogP contribution >= 0.6 is 11.3 Å². The van der Waals surface area contributed by atoms with Gasteiger partial charge in [0.1, 0.15) is 4.88 Å². The van der Waals surface area contributed by atoms with E-state index in [4.69, 9.17) is 5.73 Å². The minimum atomic E-state index is -0.0850. The van der Waals surface area contributed by atoms with E-state index in [1.807, 2.05) is 6.92 Å². The third kappa shape index (κ3) is 3.06. The van der Waals surface area contributed by atoms with Gasteiger partial charge in [0.2, 0.25) is 0 Å². The van der Waals surface area contributed by atoms with Gasteiger partial charge in [-0.25, -0.2) is 4.98 Å². The first-order valence-electron chi connectivity index (χ1n) is 5.88. The van der Waals surface area contributed by atoms with Crippen LogP contribution in [-0.4, -0.2) is 16.9 Å². The molecule has 0 saturated carbocycles. The molecule has 1 aromatic rings. The summed E-state index contributed by atoms with van der Waals surface area (Å²) in [6, 6.07) is 0.103. The van der Waals surface area contributed by atoms with Crippen molar-refractivity contribution in [2.45, 2.75) is 38.6 Å². The van der Waals surface area contributed by atoms with E-state index in [9.17, 15) is 4.79 Å². The first-order valence-corrected chi connectivity index (χ1v) is 6.69. The Labute approximate surface area is 105 Å². The number of carbonyl (C=O) groups is 1. The lowest BCUT2D eigenvalue weighted by atomic mass is 9.95. The maximum absolute atomic E-state index is 11.9. The van der Waals surface area contributed by atoms with Crippen molar-refractivity contribution in [3.05, 3.63) is 22.7 Å². The van der Waals surface area contributed by atoms with Gasteiger partial charge in [-0.2, -0.15) is 0 Å². The van der Waals surface area contributed by atoms with Gasteiger partial charge in [-0.15, -0.1) is 0 Å². The minimum absolute atomic E-state index is 0.0850. The fourth-order valence-corrected chi connectivity index (χ4v) is 2.60. The molecule has 5 heteroatoms. The van der Waals surface area contributed by atoms with E-state index in [0.717, 1.165) is 12.8 Å². The number of aromatic nitrogens is 1. The fraction of sp³-hybridized carbons (Fsp3) is 0.500. The maximum atomic E-state index is 11.9. The van der Waals surface area contributed by atoms with Crippen molar-refractivity contribution < 1.29 is 4.79 Å². The van der Waals surface area contributed by atoms with E-state index in [1.54, 1.807) is 0 Å². The average molecular weight is 251 g/mol. The predicted molar refractivity (Wildman–Crippen MR) is 70.0 cm³/mol. The molecule has 0 saturated heterocycles. The van der Waals surface area contributed by atoms with Crippen molar-refractivity contribution >= 4 is 22.4 Å². The molecule has 92 valence electrons. The van der Waals surface area contributed by atoms with Crippen molar-refractivity contribution in [3.63, 3.8) is 0 Å². The van der Waals surface area contributed by atoms with Gasteiger partial charge in [0, 0.05) is 6.04 Å². The van der Waals surface area contributed by atoms with Crippen LogP contribution < -0.4 is 11.1 Å². The lowest BCUT2D eigenvalue weighted by molar-refractivity contribution is 0.0948. The summed E-state index contributed by atoms with van der Waals surface area (Å²) < 4.78 is 0. The molecule has 2 rings (SSSR count). The van der Waals surface area contributed by atoms with Gasteiger partial charge >= 0.3 is 0 Å². The van der Waals surface area contributed by atoms with Crippen LogP contribution in [0.15, 0.2) is 17.8 Å². The Bertz CT molecular complexity index is 439. The number of nitrogens with one attached hydrogen (secondary N) is 1. The summed E-state index contributed by atoms with van der Waals surface area (Å²) in [5, 5.41) is 3.42. The largest absolute Gasteiger partial charge is 0.375 e. The van der Waals surface area contributed by atoms with Gasteiger partial charge in [-0.1, -0.05) is 23.0 Å². The molecule has 1 heterocycles. The SMILES string of the molecule is CC(NC(=O)c1cnc(N)s1)C1=CCCCC1. The summed E-state index contributed by atoms with van der Waals surface area (Å²) in [4.78, 5) is 16.3. The zero-order chi connectivity index (χ0) is 12.3. The highest BCUT2D eigenvalue weighted by atomic mass is 32.1. The second kappa shape index (κ2) is 5.31. The topological polar surface area (TPSA) is 68.0 Å². The molecule has 4 nitrogen and oxygen atoms in total. The normalized spacial score (nSPS) is 17.4. The van der Waals surface area contributed by atoms with Crippen LogP contribution in [0.2, 0.25) is 0 Å². The van der Waals surface area contributed by atoms with E-state index in [1.165, 1.54) is 35.9 Å². The molecule has 0 spiro atoms. The van der Waals surface area contributed by atoms with E-state index >= 15 is 0 Å². The highest BCUT2D eigenvalue weighted by Gasteiger charge is 2.16. The van der Waals surface area contributed by atoms with Crippen molar-refractivity contribution in [3.8, 4) is 0 Å².